The molecular weight excluding hydrogens is 240 g/mol. The fourth-order valence-electron chi connectivity index (χ4n) is 1.76. The molecule has 102 valence electrons. The van der Waals surface area contributed by atoms with E-state index >= 15 is 0 Å². The van der Waals surface area contributed by atoms with Crippen molar-refractivity contribution in [2.24, 2.45) is 17.6 Å². The van der Waals surface area contributed by atoms with Crippen molar-refractivity contribution < 1.29 is 9.53 Å². The van der Waals surface area contributed by atoms with Gasteiger partial charge in [-0.25, -0.2) is 0 Å². The summed E-state index contributed by atoms with van der Waals surface area (Å²) in [6.07, 6.45) is 1.89. The van der Waals surface area contributed by atoms with Crippen LogP contribution in [0.3, 0.4) is 0 Å². The highest BCUT2D eigenvalue weighted by Crippen LogP contribution is 2.19. The van der Waals surface area contributed by atoms with Crippen LogP contribution in [0.5, 0.6) is 0 Å². The first kappa shape index (κ1) is 16.7. The fraction of sp³-hybridized carbons (Fsp3) is 0.917. The Morgan fingerprint density at radius 2 is 2.24 bits per heavy atom. The molecular formula is C12H25ClN2O2. The maximum Gasteiger partial charge on any atom is 0.225 e. The topological polar surface area (TPSA) is 64.3 Å². The number of hydrogen-bond donors (Lipinski definition) is 2. The van der Waals surface area contributed by atoms with Crippen LogP contribution in [-0.4, -0.2) is 31.2 Å². The minimum absolute atomic E-state index is 0. The van der Waals surface area contributed by atoms with Gasteiger partial charge in [-0.05, 0) is 25.7 Å². The van der Waals surface area contributed by atoms with Crippen LogP contribution in [0.15, 0.2) is 0 Å². The van der Waals surface area contributed by atoms with Gasteiger partial charge in [0.05, 0.1) is 18.1 Å². The molecule has 0 spiro atoms. The molecule has 17 heavy (non-hydrogen) atoms. The summed E-state index contributed by atoms with van der Waals surface area (Å²) >= 11 is 0. The molecule has 1 rings (SSSR count). The van der Waals surface area contributed by atoms with Crippen LogP contribution in [0, 0.1) is 11.8 Å². The lowest BCUT2D eigenvalue weighted by Gasteiger charge is -2.35. The summed E-state index contributed by atoms with van der Waals surface area (Å²) in [5.41, 5.74) is 5.43. The van der Waals surface area contributed by atoms with Crippen LogP contribution in [0.4, 0.5) is 0 Å². The molecule has 0 bridgehead atoms. The maximum atomic E-state index is 12.0. The number of nitrogens with one attached hydrogen (secondary N) is 1. The summed E-state index contributed by atoms with van der Waals surface area (Å²) in [7, 11) is 0. The van der Waals surface area contributed by atoms with E-state index in [4.69, 9.17) is 10.5 Å². The average Bonchev–Trinajstić information content (AvgIpc) is 2.29. The molecule has 0 saturated carbocycles. The average molecular weight is 265 g/mol. The molecule has 1 amide bonds. The van der Waals surface area contributed by atoms with E-state index in [-0.39, 0.29) is 29.8 Å². The lowest BCUT2D eigenvalue weighted by molar-refractivity contribution is -0.131. The maximum absolute atomic E-state index is 12.0. The zero-order chi connectivity index (χ0) is 12.2. The van der Waals surface area contributed by atoms with Gasteiger partial charge in [0.2, 0.25) is 5.91 Å². The Balaban J connectivity index is 0.00000256. The van der Waals surface area contributed by atoms with Gasteiger partial charge in [-0.3, -0.25) is 4.79 Å². The zero-order valence-electron chi connectivity index (χ0n) is 11.0. The van der Waals surface area contributed by atoms with Gasteiger partial charge in [-0.2, -0.15) is 0 Å². The molecule has 1 saturated heterocycles. The summed E-state index contributed by atoms with van der Waals surface area (Å²) in [6, 6.07) is 0. The van der Waals surface area contributed by atoms with Crippen molar-refractivity contribution in [1.29, 1.82) is 0 Å². The van der Waals surface area contributed by atoms with E-state index in [0.29, 0.717) is 19.1 Å². The molecule has 0 aromatic rings. The smallest absolute Gasteiger partial charge is 0.225 e. The van der Waals surface area contributed by atoms with E-state index in [1.165, 1.54) is 0 Å². The Morgan fingerprint density at radius 1 is 1.59 bits per heavy atom. The third-order valence-corrected chi connectivity index (χ3v) is 3.64. The van der Waals surface area contributed by atoms with Gasteiger partial charge in [-0.15, -0.1) is 12.4 Å². The van der Waals surface area contributed by atoms with Crippen molar-refractivity contribution in [2.75, 3.05) is 19.8 Å². The van der Waals surface area contributed by atoms with Crippen LogP contribution in [0.25, 0.3) is 0 Å². The summed E-state index contributed by atoms with van der Waals surface area (Å²) in [5, 5.41) is 3.07. The monoisotopic (exact) mass is 264 g/mol. The highest BCUT2D eigenvalue weighted by molar-refractivity contribution is 5.85. The van der Waals surface area contributed by atoms with E-state index in [0.717, 1.165) is 19.4 Å². The van der Waals surface area contributed by atoms with E-state index < -0.39 is 0 Å². The fourth-order valence-corrected chi connectivity index (χ4v) is 1.76. The molecule has 5 heteroatoms. The normalized spacial score (nSPS) is 23.7. The van der Waals surface area contributed by atoms with E-state index in [1.807, 2.05) is 6.92 Å². The van der Waals surface area contributed by atoms with Gasteiger partial charge in [-0.1, -0.05) is 13.8 Å². The first-order chi connectivity index (χ1) is 7.49. The summed E-state index contributed by atoms with van der Waals surface area (Å²) in [6.45, 7) is 7.94. The van der Waals surface area contributed by atoms with Crippen LogP contribution >= 0.6 is 12.4 Å². The third-order valence-electron chi connectivity index (χ3n) is 3.64. The number of carbonyl (C=O) groups excluding carboxylic acids is 1. The minimum Gasteiger partial charge on any atom is -0.381 e. The van der Waals surface area contributed by atoms with Gasteiger partial charge in [0.1, 0.15) is 0 Å². The standard InChI is InChI=1S/C12H24N2O2.ClH/c1-9(2)12(3,8-13)14-11(15)10-5-4-6-16-7-10;/h9-10H,4-8,13H2,1-3H3,(H,14,15);1H. The Bertz CT molecular complexity index is 243. The second kappa shape index (κ2) is 7.19. The van der Waals surface area contributed by atoms with Crippen molar-refractivity contribution in [3.05, 3.63) is 0 Å². The summed E-state index contributed by atoms with van der Waals surface area (Å²) in [5.74, 6) is 0.408. The number of carbonyl (C=O) groups is 1. The van der Waals surface area contributed by atoms with Crippen LogP contribution < -0.4 is 11.1 Å². The molecule has 1 heterocycles. The highest BCUT2D eigenvalue weighted by atomic mass is 35.5. The molecule has 0 aromatic heterocycles. The molecule has 3 N–H and O–H groups in total. The Kier molecular flexibility index (Phi) is 7.05. The quantitative estimate of drug-likeness (QED) is 0.805. The molecule has 0 aliphatic carbocycles. The lowest BCUT2D eigenvalue weighted by atomic mass is 9.87. The number of ether oxygens (including phenoxy) is 1. The summed E-state index contributed by atoms with van der Waals surface area (Å²) in [4.78, 5) is 12.0. The number of halogens is 1. The van der Waals surface area contributed by atoms with E-state index in [2.05, 4.69) is 19.2 Å². The Labute approximate surface area is 110 Å². The predicted octanol–water partition coefficient (Wildman–Crippen LogP) is 1.32. The zero-order valence-corrected chi connectivity index (χ0v) is 11.8. The SMILES string of the molecule is CC(C)C(C)(CN)NC(=O)C1CCCOC1.Cl. The first-order valence-electron chi connectivity index (χ1n) is 6.09. The molecule has 1 fully saturated rings. The highest BCUT2D eigenvalue weighted by Gasteiger charge is 2.32. The van der Waals surface area contributed by atoms with Gasteiger partial charge in [0.25, 0.3) is 0 Å². The third kappa shape index (κ3) is 4.45. The van der Waals surface area contributed by atoms with Crippen molar-refractivity contribution in [3.8, 4) is 0 Å². The van der Waals surface area contributed by atoms with Crippen LogP contribution in [0.2, 0.25) is 0 Å². The Hall–Kier alpha value is -0.320. The van der Waals surface area contributed by atoms with Gasteiger partial charge in [0, 0.05) is 13.2 Å². The van der Waals surface area contributed by atoms with Crippen molar-refractivity contribution in [2.45, 2.75) is 39.2 Å². The number of nitrogens with two attached hydrogens (primary N) is 1. The van der Waals surface area contributed by atoms with Crippen LogP contribution in [-0.2, 0) is 9.53 Å². The predicted molar refractivity (Wildman–Crippen MR) is 71.2 cm³/mol. The minimum atomic E-state index is -0.311. The molecule has 4 nitrogen and oxygen atoms in total. The molecule has 0 aromatic carbocycles. The number of rotatable bonds is 4. The molecule has 1 aliphatic rings. The van der Waals surface area contributed by atoms with E-state index in [1.54, 1.807) is 0 Å². The number of hydrogen-bond acceptors (Lipinski definition) is 3. The molecule has 0 radical (unpaired) electrons. The second-order valence-electron chi connectivity index (χ2n) is 5.18. The number of amides is 1. The van der Waals surface area contributed by atoms with Gasteiger partial charge < -0.3 is 15.8 Å². The Morgan fingerprint density at radius 3 is 2.65 bits per heavy atom. The van der Waals surface area contributed by atoms with Crippen LogP contribution in [0.1, 0.15) is 33.6 Å². The summed E-state index contributed by atoms with van der Waals surface area (Å²) < 4.78 is 5.32. The second-order valence-corrected chi connectivity index (χ2v) is 5.18. The van der Waals surface area contributed by atoms with Crippen molar-refractivity contribution in [3.63, 3.8) is 0 Å². The van der Waals surface area contributed by atoms with E-state index in [9.17, 15) is 4.79 Å². The first-order valence-corrected chi connectivity index (χ1v) is 6.09. The molecule has 2 unspecified atom stereocenters. The molecule has 1 aliphatic heterocycles. The van der Waals surface area contributed by atoms with Crippen molar-refractivity contribution in [1.82, 2.24) is 5.32 Å². The van der Waals surface area contributed by atoms with Gasteiger partial charge in [0.15, 0.2) is 0 Å². The van der Waals surface area contributed by atoms with Crippen molar-refractivity contribution >= 4 is 18.3 Å². The van der Waals surface area contributed by atoms with Gasteiger partial charge >= 0.3 is 0 Å². The largest absolute Gasteiger partial charge is 0.381 e. The lowest BCUT2D eigenvalue weighted by Crippen LogP contribution is -2.57. The molecule has 2 atom stereocenters.